The molecule has 1 aromatic rings. The molecule has 98 valence electrons. The summed E-state index contributed by atoms with van der Waals surface area (Å²) < 4.78 is 0. The highest BCUT2D eigenvalue weighted by atomic mass is 15.3. The van der Waals surface area contributed by atoms with Crippen LogP contribution in [-0.4, -0.2) is 42.1 Å². The number of pyridine rings is 1. The lowest BCUT2D eigenvalue weighted by atomic mass is 10.2. The van der Waals surface area contributed by atoms with Gasteiger partial charge in [0.05, 0.1) is 0 Å². The standard InChI is InChI=1S/C15H23N3/c1-13-6-7-15(16-12-13)18-10-8-17(9-11-18)14-4-2-3-5-14/h6-7,12,14H,2-5,8-11H2,1H3. The lowest BCUT2D eigenvalue weighted by Crippen LogP contribution is -2.49. The molecule has 18 heavy (non-hydrogen) atoms. The molecule has 0 atom stereocenters. The number of piperazine rings is 1. The van der Waals surface area contributed by atoms with Crippen LogP contribution in [0.5, 0.6) is 0 Å². The van der Waals surface area contributed by atoms with E-state index in [1.807, 2.05) is 6.20 Å². The minimum Gasteiger partial charge on any atom is -0.354 e. The van der Waals surface area contributed by atoms with Gasteiger partial charge in [0.1, 0.15) is 5.82 Å². The van der Waals surface area contributed by atoms with Crippen LogP contribution in [0.4, 0.5) is 5.82 Å². The van der Waals surface area contributed by atoms with Crippen LogP contribution in [-0.2, 0) is 0 Å². The molecule has 2 aliphatic rings. The maximum absolute atomic E-state index is 4.53. The number of hydrogen-bond donors (Lipinski definition) is 0. The Hall–Kier alpha value is -1.09. The van der Waals surface area contributed by atoms with E-state index < -0.39 is 0 Å². The lowest BCUT2D eigenvalue weighted by Gasteiger charge is -2.38. The average Bonchev–Trinajstić information content (AvgIpc) is 2.94. The first-order valence-electron chi connectivity index (χ1n) is 7.24. The summed E-state index contributed by atoms with van der Waals surface area (Å²) in [5.74, 6) is 1.15. The van der Waals surface area contributed by atoms with E-state index in [9.17, 15) is 0 Å². The van der Waals surface area contributed by atoms with Crippen molar-refractivity contribution >= 4 is 5.82 Å². The summed E-state index contributed by atoms with van der Waals surface area (Å²) in [5, 5.41) is 0. The van der Waals surface area contributed by atoms with Crippen molar-refractivity contribution in [3.05, 3.63) is 23.9 Å². The zero-order valence-electron chi connectivity index (χ0n) is 11.3. The summed E-state index contributed by atoms with van der Waals surface area (Å²) in [4.78, 5) is 9.65. The fourth-order valence-corrected chi connectivity index (χ4v) is 3.23. The third-order valence-corrected chi connectivity index (χ3v) is 4.38. The molecular weight excluding hydrogens is 222 g/mol. The van der Waals surface area contributed by atoms with Crippen LogP contribution >= 0.6 is 0 Å². The maximum Gasteiger partial charge on any atom is 0.128 e. The normalized spacial score (nSPS) is 22.6. The third-order valence-electron chi connectivity index (χ3n) is 4.38. The molecule has 0 bridgehead atoms. The van der Waals surface area contributed by atoms with E-state index in [1.165, 1.54) is 44.3 Å². The van der Waals surface area contributed by atoms with Crippen molar-refractivity contribution in [1.82, 2.24) is 9.88 Å². The number of rotatable bonds is 2. The van der Waals surface area contributed by atoms with E-state index in [-0.39, 0.29) is 0 Å². The Balaban J connectivity index is 1.57. The summed E-state index contributed by atoms with van der Waals surface area (Å²) in [7, 11) is 0. The molecule has 3 nitrogen and oxygen atoms in total. The van der Waals surface area contributed by atoms with Crippen molar-refractivity contribution in [2.75, 3.05) is 31.1 Å². The van der Waals surface area contributed by atoms with Gasteiger partial charge in [-0.3, -0.25) is 4.90 Å². The van der Waals surface area contributed by atoms with Crippen LogP contribution in [0.15, 0.2) is 18.3 Å². The van der Waals surface area contributed by atoms with E-state index >= 15 is 0 Å². The van der Waals surface area contributed by atoms with Gasteiger partial charge < -0.3 is 4.90 Å². The van der Waals surface area contributed by atoms with Gasteiger partial charge in [0.15, 0.2) is 0 Å². The van der Waals surface area contributed by atoms with Gasteiger partial charge in [-0.05, 0) is 31.4 Å². The van der Waals surface area contributed by atoms with Crippen LogP contribution < -0.4 is 4.90 Å². The SMILES string of the molecule is Cc1ccc(N2CCN(C3CCCC3)CC2)nc1. The lowest BCUT2D eigenvalue weighted by molar-refractivity contribution is 0.187. The number of hydrogen-bond acceptors (Lipinski definition) is 3. The van der Waals surface area contributed by atoms with Gasteiger partial charge in [0.25, 0.3) is 0 Å². The Kier molecular flexibility index (Phi) is 3.50. The van der Waals surface area contributed by atoms with Gasteiger partial charge >= 0.3 is 0 Å². The van der Waals surface area contributed by atoms with Gasteiger partial charge in [0.2, 0.25) is 0 Å². The molecule has 0 amide bonds. The molecule has 1 aromatic heterocycles. The van der Waals surface area contributed by atoms with Crippen molar-refractivity contribution in [1.29, 1.82) is 0 Å². The second-order valence-corrected chi connectivity index (χ2v) is 5.66. The molecule has 0 radical (unpaired) electrons. The first kappa shape index (κ1) is 12.0. The average molecular weight is 245 g/mol. The third kappa shape index (κ3) is 2.51. The molecule has 1 saturated heterocycles. The molecule has 1 aliphatic carbocycles. The maximum atomic E-state index is 4.53. The summed E-state index contributed by atoms with van der Waals surface area (Å²) >= 11 is 0. The van der Waals surface area contributed by atoms with E-state index in [1.54, 1.807) is 0 Å². The van der Waals surface area contributed by atoms with Crippen LogP contribution in [0.3, 0.4) is 0 Å². The molecule has 0 N–H and O–H groups in total. The predicted molar refractivity (Wildman–Crippen MR) is 75.0 cm³/mol. The highest BCUT2D eigenvalue weighted by Gasteiger charge is 2.26. The van der Waals surface area contributed by atoms with Crippen molar-refractivity contribution in [3.8, 4) is 0 Å². The van der Waals surface area contributed by atoms with Gasteiger partial charge in [-0.1, -0.05) is 18.9 Å². The Morgan fingerprint density at radius 2 is 1.78 bits per heavy atom. The molecule has 3 rings (SSSR count). The molecular formula is C15H23N3. The highest BCUT2D eigenvalue weighted by Crippen LogP contribution is 2.25. The van der Waals surface area contributed by atoms with Crippen LogP contribution in [0.1, 0.15) is 31.2 Å². The zero-order valence-corrected chi connectivity index (χ0v) is 11.3. The fourth-order valence-electron chi connectivity index (χ4n) is 3.23. The van der Waals surface area contributed by atoms with Crippen LogP contribution in [0, 0.1) is 6.92 Å². The molecule has 0 aromatic carbocycles. The molecule has 0 unspecified atom stereocenters. The molecule has 2 heterocycles. The number of nitrogens with zero attached hydrogens (tertiary/aromatic N) is 3. The Morgan fingerprint density at radius 3 is 2.39 bits per heavy atom. The van der Waals surface area contributed by atoms with Crippen LogP contribution in [0.25, 0.3) is 0 Å². The second kappa shape index (κ2) is 5.27. The topological polar surface area (TPSA) is 19.4 Å². The Bertz CT molecular complexity index is 373. The number of aromatic nitrogens is 1. The number of anilines is 1. The summed E-state index contributed by atoms with van der Waals surface area (Å²) in [6.07, 6.45) is 7.68. The van der Waals surface area contributed by atoms with Crippen LogP contribution in [0.2, 0.25) is 0 Å². The molecule has 3 heteroatoms. The molecule has 0 spiro atoms. The van der Waals surface area contributed by atoms with E-state index in [2.05, 4.69) is 33.8 Å². The van der Waals surface area contributed by atoms with E-state index in [0.717, 1.165) is 24.9 Å². The van der Waals surface area contributed by atoms with Crippen molar-refractivity contribution in [2.24, 2.45) is 0 Å². The van der Waals surface area contributed by atoms with Gasteiger partial charge in [-0.25, -0.2) is 4.98 Å². The quantitative estimate of drug-likeness (QED) is 0.798. The van der Waals surface area contributed by atoms with Gasteiger partial charge in [-0.2, -0.15) is 0 Å². The summed E-state index contributed by atoms with van der Waals surface area (Å²) in [5.41, 5.74) is 1.24. The highest BCUT2D eigenvalue weighted by molar-refractivity contribution is 5.39. The molecule has 1 aliphatic heterocycles. The Morgan fingerprint density at radius 1 is 1.06 bits per heavy atom. The minimum atomic E-state index is 0.873. The van der Waals surface area contributed by atoms with Crippen molar-refractivity contribution in [2.45, 2.75) is 38.6 Å². The zero-order chi connectivity index (χ0) is 12.4. The Labute approximate surface area is 110 Å². The molecule has 1 saturated carbocycles. The fraction of sp³-hybridized carbons (Fsp3) is 0.667. The van der Waals surface area contributed by atoms with Gasteiger partial charge in [-0.15, -0.1) is 0 Å². The first-order chi connectivity index (χ1) is 8.83. The minimum absolute atomic E-state index is 0.873. The summed E-state index contributed by atoms with van der Waals surface area (Å²) in [6.45, 7) is 6.77. The van der Waals surface area contributed by atoms with Crippen molar-refractivity contribution < 1.29 is 0 Å². The van der Waals surface area contributed by atoms with Gasteiger partial charge in [0, 0.05) is 38.4 Å². The predicted octanol–water partition coefficient (Wildman–Crippen LogP) is 2.45. The molecule has 2 fully saturated rings. The first-order valence-corrected chi connectivity index (χ1v) is 7.24. The largest absolute Gasteiger partial charge is 0.354 e. The van der Waals surface area contributed by atoms with E-state index in [4.69, 9.17) is 0 Å². The number of aryl methyl sites for hydroxylation is 1. The monoisotopic (exact) mass is 245 g/mol. The van der Waals surface area contributed by atoms with Crippen molar-refractivity contribution in [3.63, 3.8) is 0 Å². The second-order valence-electron chi connectivity index (χ2n) is 5.66. The summed E-state index contributed by atoms with van der Waals surface area (Å²) in [6, 6.07) is 5.19. The smallest absolute Gasteiger partial charge is 0.128 e. The van der Waals surface area contributed by atoms with E-state index in [0.29, 0.717) is 0 Å².